The summed E-state index contributed by atoms with van der Waals surface area (Å²) in [5.41, 5.74) is 6.74. The highest BCUT2D eigenvalue weighted by molar-refractivity contribution is 5.93. The molecule has 154 valence electrons. The molecule has 0 bridgehead atoms. The van der Waals surface area contributed by atoms with Crippen molar-refractivity contribution in [3.63, 3.8) is 0 Å². The molecule has 2 N–H and O–H groups in total. The van der Waals surface area contributed by atoms with Crippen molar-refractivity contribution in [2.75, 3.05) is 18.0 Å². The minimum absolute atomic E-state index is 0.0420. The van der Waals surface area contributed by atoms with E-state index in [4.69, 9.17) is 10.3 Å². The average molecular weight is 405 g/mol. The van der Waals surface area contributed by atoms with Crippen molar-refractivity contribution in [2.45, 2.75) is 45.6 Å². The summed E-state index contributed by atoms with van der Waals surface area (Å²) in [4.78, 5) is 10.8. The van der Waals surface area contributed by atoms with Gasteiger partial charge in [-0.1, -0.05) is 5.16 Å². The van der Waals surface area contributed by atoms with E-state index in [1.165, 1.54) is 6.07 Å². The van der Waals surface area contributed by atoms with Gasteiger partial charge in [-0.25, -0.2) is 18.2 Å². The number of alkyl halides is 2. The Kier molecular flexibility index (Phi) is 4.72. The summed E-state index contributed by atoms with van der Waals surface area (Å²) in [6.45, 7) is 5.45. The molecule has 0 atom stereocenters. The van der Waals surface area contributed by atoms with Crippen LogP contribution in [0.15, 0.2) is 16.7 Å². The molecule has 29 heavy (non-hydrogen) atoms. The maximum Gasteiger partial charge on any atom is 0.270 e. The Morgan fingerprint density at radius 1 is 1.17 bits per heavy atom. The van der Waals surface area contributed by atoms with Gasteiger partial charge in [-0.3, -0.25) is 0 Å². The largest absolute Gasteiger partial charge is 0.356 e. The Morgan fingerprint density at radius 2 is 1.86 bits per heavy atom. The van der Waals surface area contributed by atoms with Gasteiger partial charge >= 0.3 is 0 Å². The molecule has 0 amide bonds. The fraction of sp³-hybridized carbons (Fsp3) is 0.450. The first-order valence-electron chi connectivity index (χ1n) is 9.48. The summed E-state index contributed by atoms with van der Waals surface area (Å²) >= 11 is 0. The molecule has 0 unspecified atom stereocenters. The first kappa shape index (κ1) is 19.6. The Hall–Kier alpha value is -2.68. The first-order valence-corrected chi connectivity index (χ1v) is 9.48. The smallest absolute Gasteiger partial charge is 0.270 e. The Bertz CT molecular complexity index is 1070. The molecular weight excluding hydrogens is 383 g/mol. The Labute approximate surface area is 165 Å². The summed E-state index contributed by atoms with van der Waals surface area (Å²) < 4.78 is 47.9. The molecule has 4 rings (SSSR count). The molecule has 1 fully saturated rings. The molecule has 3 aromatic rings. The van der Waals surface area contributed by atoms with Gasteiger partial charge in [0.1, 0.15) is 17.2 Å². The van der Waals surface area contributed by atoms with Gasteiger partial charge in [0.2, 0.25) is 0 Å². The van der Waals surface area contributed by atoms with Crippen molar-refractivity contribution in [2.24, 2.45) is 5.73 Å². The number of fused-ring (bicyclic) bond motifs is 1. The summed E-state index contributed by atoms with van der Waals surface area (Å²) in [6, 6.07) is 2.23. The quantitative estimate of drug-likeness (QED) is 0.707. The Balaban J connectivity index is 1.99. The lowest BCUT2D eigenvalue weighted by molar-refractivity contribution is 0.0173. The second-order valence-corrected chi connectivity index (χ2v) is 7.65. The zero-order chi connectivity index (χ0) is 20.9. The monoisotopic (exact) mass is 405 g/mol. The standard InChI is InChI=1S/C20H22F3N5O/c1-10-14-8-12(20(3,22)23)9-15(21)17(14)26-18(28-6-4-13(24)5-7-28)16(10)19-25-11(2)27-29-19/h8-9,13H,4-7,24H2,1-3H3. The van der Waals surface area contributed by atoms with E-state index in [0.29, 0.717) is 41.2 Å². The van der Waals surface area contributed by atoms with Crippen LogP contribution in [-0.4, -0.2) is 34.3 Å². The highest BCUT2D eigenvalue weighted by atomic mass is 19.3. The predicted molar refractivity (Wildman–Crippen MR) is 103 cm³/mol. The average Bonchev–Trinajstić information content (AvgIpc) is 3.07. The molecular formula is C20H22F3N5O. The van der Waals surface area contributed by atoms with Crippen LogP contribution >= 0.6 is 0 Å². The molecule has 0 saturated carbocycles. The molecule has 3 heterocycles. The number of piperidine rings is 1. The van der Waals surface area contributed by atoms with E-state index in [1.54, 1.807) is 13.8 Å². The van der Waals surface area contributed by atoms with Gasteiger partial charge in [0.25, 0.3) is 11.8 Å². The number of pyridine rings is 1. The highest BCUT2D eigenvalue weighted by Crippen LogP contribution is 2.39. The van der Waals surface area contributed by atoms with Gasteiger partial charge in [0.05, 0.1) is 5.56 Å². The number of anilines is 1. The minimum atomic E-state index is -3.18. The number of aryl methyl sites for hydroxylation is 2. The van der Waals surface area contributed by atoms with Crippen molar-refractivity contribution in [1.82, 2.24) is 15.1 Å². The third kappa shape index (κ3) is 3.55. The molecule has 1 saturated heterocycles. The van der Waals surface area contributed by atoms with Crippen LogP contribution in [0, 0.1) is 19.7 Å². The maximum absolute atomic E-state index is 14.8. The zero-order valence-corrected chi connectivity index (χ0v) is 16.5. The molecule has 1 aromatic carbocycles. The molecule has 0 spiro atoms. The number of hydrogen-bond donors (Lipinski definition) is 1. The lowest BCUT2D eigenvalue weighted by Gasteiger charge is -2.32. The van der Waals surface area contributed by atoms with Gasteiger partial charge in [0.15, 0.2) is 5.82 Å². The number of nitrogens with two attached hydrogens (primary N) is 1. The summed E-state index contributed by atoms with van der Waals surface area (Å²) in [5.74, 6) is -2.80. The third-order valence-corrected chi connectivity index (χ3v) is 5.37. The number of rotatable bonds is 3. The number of nitrogens with zero attached hydrogens (tertiary/aromatic N) is 4. The summed E-state index contributed by atoms with van der Waals surface area (Å²) in [5, 5.41) is 4.14. The van der Waals surface area contributed by atoms with E-state index < -0.39 is 17.3 Å². The molecule has 6 nitrogen and oxygen atoms in total. The lowest BCUT2D eigenvalue weighted by Crippen LogP contribution is -2.40. The number of hydrogen-bond acceptors (Lipinski definition) is 6. The molecule has 1 aliphatic heterocycles. The first-order chi connectivity index (χ1) is 13.6. The van der Waals surface area contributed by atoms with Crippen LogP contribution in [0.3, 0.4) is 0 Å². The van der Waals surface area contributed by atoms with E-state index in [9.17, 15) is 13.2 Å². The topological polar surface area (TPSA) is 81.1 Å². The van der Waals surface area contributed by atoms with Crippen LogP contribution in [0.1, 0.15) is 36.7 Å². The van der Waals surface area contributed by atoms with Gasteiger partial charge in [-0.05, 0) is 44.4 Å². The normalized spacial score (nSPS) is 16.0. The van der Waals surface area contributed by atoms with Gasteiger partial charge in [0, 0.05) is 37.0 Å². The van der Waals surface area contributed by atoms with E-state index in [1.807, 2.05) is 4.90 Å². The van der Waals surface area contributed by atoms with Gasteiger partial charge < -0.3 is 15.2 Å². The molecule has 0 radical (unpaired) electrons. The van der Waals surface area contributed by atoms with Crippen molar-refractivity contribution in [3.8, 4) is 11.5 Å². The van der Waals surface area contributed by atoms with Crippen LogP contribution in [0.25, 0.3) is 22.4 Å². The van der Waals surface area contributed by atoms with Crippen LogP contribution in [-0.2, 0) is 5.92 Å². The molecule has 9 heteroatoms. The maximum atomic E-state index is 14.8. The molecule has 1 aliphatic rings. The minimum Gasteiger partial charge on any atom is -0.356 e. The van der Waals surface area contributed by atoms with Crippen molar-refractivity contribution < 1.29 is 17.7 Å². The van der Waals surface area contributed by atoms with Crippen LogP contribution in [0.4, 0.5) is 19.0 Å². The summed E-state index contributed by atoms with van der Waals surface area (Å²) in [6.07, 6.45) is 1.54. The van der Waals surface area contributed by atoms with Crippen LogP contribution < -0.4 is 10.6 Å². The van der Waals surface area contributed by atoms with E-state index in [0.717, 1.165) is 25.8 Å². The van der Waals surface area contributed by atoms with Crippen molar-refractivity contribution in [1.29, 1.82) is 0 Å². The fourth-order valence-electron chi connectivity index (χ4n) is 3.71. The molecule has 0 aliphatic carbocycles. The second kappa shape index (κ2) is 6.98. The van der Waals surface area contributed by atoms with Gasteiger partial charge in [-0.15, -0.1) is 0 Å². The SMILES string of the molecule is Cc1noc(-c2c(N3CCC(N)CC3)nc3c(F)cc(C(C)(F)F)cc3c2C)n1. The number of benzene rings is 1. The fourth-order valence-corrected chi connectivity index (χ4v) is 3.71. The Morgan fingerprint density at radius 3 is 2.45 bits per heavy atom. The summed E-state index contributed by atoms with van der Waals surface area (Å²) in [7, 11) is 0. The van der Waals surface area contributed by atoms with Crippen molar-refractivity contribution in [3.05, 3.63) is 34.9 Å². The van der Waals surface area contributed by atoms with Crippen LogP contribution in [0.5, 0.6) is 0 Å². The molecule has 2 aromatic heterocycles. The predicted octanol–water partition coefficient (Wildman–Crippen LogP) is 4.08. The lowest BCUT2D eigenvalue weighted by atomic mass is 9.98. The van der Waals surface area contributed by atoms with E-state index in [2.05, 4.69) is 15.1 Å². The van der Waals surface area contributed by atoms with Crippen LogP contribution in [0.2, 0.25) is 0 Å². The van der Waals surface area contributed by atoms with Gasteiger partial charge in [-0.2, -0.15) is 4.98 Å². The van der Waals surface area contributed by atoms with E-state index in [-0.39, 0.29) is 17.4 Å². The zero-order valence-electron chi connectivity index (χ0n) is 16.5. The number of aromatic nitrogens is 3. The number of halogens is 3. The van der Waals surface area contributed by atoms with E-state index >= 15 is 0 Å². The second-order valence-electron chi connectivity index (χ2n) is 7.65. The van der Waals surface area contributed by atoms with Crippen molar-refractivity contribution >= 4 is 16.7 Å². The highest BCUT2D eigenvalue weighted by Gasteiger charge is 2.30. The third-order valence-electron chi connectivity index (χ3n) is 5.37.